The second-order valence-electron chi connectivity index (χ2n) is 6.12. The van der Waals surface area contributed by atoms with E-state index in [4.69, 9.17) is 9.47 Å². The molecule has 1 aliphatic carbocycles. The highest BCUT2D eigenvalue weighted by atomic mass is 16.5. The quantitative estimate of drug-likeness (QED) is 0.875. The molecule has 3 rings (SSSR count). The van der Waals surface area contributed by atoms with Gasteiger partial charge in [0.15, 0.2) is 5.78 Å². The van der Waals surface area contributed by atoms with Crippen molar-refractivity contribution in [2.45, 2.75) is 32.7 Å². The number of fused-ring (bicyclic) bond motifs is 1. The first-order valence-electron chi connectivity index (χ1n) is 8.29. The molecule has 0 bridgehead atoms. The number of ketones is 1. The summed E-state index contributed by atoms with van der Waals surface area (Å²) in [6.45, 7) is 2.14. The summed E-state index contributed by atoms with van der Waals surface area (Å²) in [5, 5.41) is 2.89. The number of aryl methyl sites for hydroxylation is 1. The molecule has 6 nitrogen and oxygen atoms in total. The number of hydrogen-bond donors (Lipinski definition) is 2. The number of nitrogens with one attached hydrogen (secondary N) is 2. The number of Topliss-reactive ketones (excluding diaryl/α,β-unsaturated/α-hetero) is 1. The molecule has 0 spiro atoms. The van der Waals surface area contributed by atoms with E-state index in [0.29, 0.717) is 35.7 Å². The molecule has 0 atom stereocenters. The molecule has 0 radical (unpaired) electrons. The largest absolute Gasteiger partial charge is 0.497 e. The number of rotatable bonds is 5. The normalized spacial score (nSPS) is 13.3. The first-order chi connectivity index (χ1) is 12.0. The molecule has 1 amide bonds. The van der Waals surface area contributed by atoms with E-state index in [9.17, 15) is 9.59 Å². The van der Waals surface area contributed by atoms with Crippen LogP contribution in [-0.4, -0.2) is 30.9 Å². The summed E-state index contributed by atoms with van der Waals surface area (Å²) in [5.74, 6) is 1.24. The number of carbonyl (C=O) groups excluding carboxylic acids is 2. The molecule has 0 unspecified atom stereocenters. The van der Waals surface area contributed by atoms with Gasteiger partial charge < -0.3 is 19.8 Å². The average Bonchev–Trinajstić information content (AvgIpc) is 2.97. The summed E-state index contributed by atoms with van der Waals surface area (Å²) in [6.07, 6.45) is 2.19. The lowest BCUT2D eigenvalue weighted by atomic mass is 9.94. The Hall–Kier alpha value is -2.76. The Morgan fingerprint density at radius 1 is 1.24 bits per heavy atom. The zero-order valence-electron chi connectivity index (χ0n) is 14.7. The first-order valence-corrected chi connectivity index (χ1v) is 8.29. The van der Waals surface area contributed by atoms with Crippen LogP contribution in [0.3, 0.4) is 0 Å². The van der Waals surface area contributed by atoms with Crippen molar-refractivity contribution in [3.63, 3.8) is 0 Å². The van der Waals surface area contributed by atoms with Crippen LogP contribution in [0.15, 0.2) is 18.2 Å². The molecule has 0 fully saturated rings. The van der Waals surface area contributed by atoms with E-state index >= 15 is 0 Å². The van der Waals surface area contributed by atoms with Gasteiger partial charge >= 0.3 is 0 Å². The Morgan fingerprint density at radius 3 is 2.72 bits per heavy atom. The number of aromatic nitrogens is 1. The molecule has 1 aromatic heterocycles. The molecule has 2 aromatic rings. The number of benzene rings is 1. The number of H-pyrrole nitrogens is 1. The Morgan fingerprint density at radius 2 is 2.04 bits per heavy atom. The van der Waals surface area contributed by atoms with Crippen LogP contribution >= 0.6 is 0 Å². The Balaban J connectivity index is 1.77. The molecule has 2 N–H and O–H groups in total. The molecule has 1 aromatic carbocycles. The van der Waals surface area contributed by atoms with Crippen molar-refractivity contribution in [2.24, 2.45) is 0 Å². The average molecular weight is 342 g/mol. The maximum Gasteiger partial charge on any atom is 0.268 e. The lowest BCUT2D eigenvalue weighted by Gasteiger charge is -2.11. The van der Waals surface area contributed by atoms with Crippen molar-refractivity contribution in [3.8, 4) is 11.5 Å². The molecule has 1 heterocycles. The standard InChI is InChI=1S/C19H22N2O4/c1-11-17-14(5-4-6-15(17)22)21-18(11)19(23)20-10-12-7-8-13(24-2)9-16(12)25-3/h7-9,21H,4-6,10H2,1-3H3,(H,20,23). The van der Waals surface area contributed by atoms with E-state index in [-0.39, 0.29) is 11.7 Å². The van der Waals surface area contributed by atoms with Gasteiger partial charge in [0.05, 0.1) is 14.2 Å². The van der Waals surface area contributed by atoms with Crippen LogP contribution in [0.5, 0.6) is 11.5 Å². The van der Waals surface area contributed by atoms with Gasteiger partial charge in [-0.2, -0.15) is 0 Å². The summed E-state index contributed by atoms with van der Waals surface area (Å²) in [6, 6.07) is 5.45. The molecule has 0 aliphatic heterocycles. The van der Waals surface area contributed by atoms with Crippen LogP contribution in [0, 0.1) is 6.92 Å². The van der Waals surface area contributed by atoms with Crippen LogP contribution in [0.2, 0.25) is 0 Å². The smallest absolute Gasteiger partial charge is 0.268 e. The van der Waals surface area contributed by atoms with Crippen molar-refractivity contribution >= 4 is 11.7 Å². The van der Waals surface area contributed by atoms with Gasteiger partial charge in [0.1, 0.15) is 17.2 Å². The summed E-state index contributed by atoms with van der Waals surface area (Å²) >= 11 is 0. The number of ether oxygens (including phenoxy) is 2. The molecule has 6 heteroatoms. The van der Waals surface area contributed by atoms with Crippen LogP contribution in [0.25, 0.3) is 0 Å². The second-order valence-corrected chi connectivity index (χ2v) is 6.12. The van der Waals surface area contributed by atoms with Crippen molar-refractivity contribution < 1.29 is 19.1 Å². The Bertz CT molecular complexity index is 823. The third-order valence-electron chi connectivity index (χ3n) is 4.60. The molecule has 0 saturated heterocycles. The van der Waals surface area contributed by atoms with Gasteiger partial charge in [0.2, 0.25) is 0 Å². The van der Waals surface area contributed by atoms with Crippen LogP contribution < -0.4 is 14.8 Å². The van der Waals surface area contributed by atoms with Gasteiger partial charge in [-0.1, -0.05) is 0 Å². The van der Waals surface area contributed by atoms with Gasteiger partial charge in [0, 0.05) is 35.9 Å². The molecular weight excluding hydrogens is 320 g/mol. The fourth-order valence-electron chi connectivity index (χ4n) is 3.26. The second kappa shape index (κ2) is 7.01. The molecule has 132 valence electrons. The highest BCUT2D eigenvalue weighted by Crippen LogP contribution is 2.27. The minimum Gasteiger partial charge on any atom is -0.497 e. The highest BCUT2D eigenvalue weighted by Gasteiger charge is 2.26. The van der Waals surface area contributed by atoms with Crippen LogP contribution in [0.1, 0.15) is 50.5 Å². The lowest BCUT2D eigenvalue weighted by Crippen LogP contribution is -2.24. The zero-order valence-corrected chi connectivity index (χ0v) is 14.7. The summed E-state index contributed by atoms with van der Waals surface area (Å²) in [7, 11) is 3.17. The summed E-state index contributed by atoms with van der Waals surface area (Å²) in [5.41, 5.74) is 3.62. The van der Waals surface area contributed by atoms with Crippen molar-refractivity contribution in [1.82, 2.24) is 10.3 Å². The zero-order chi connectivity index (χ0) is 18.0. The minimum absolute atomic E-state index is 0.117. The Kier molecular flexibility index (Phi) is 4.79. The first kappa shape index (κ1) is 17.1. The van der Waals surface area contributed by atoms with Crippen molar-refractivity contribution in [3.05, 3.63) is 46.3 Å². The van der Waals surface area contributed by atoms with E-state index in [1.54, 1.807) is 20.3 Å². The summed E-state index contributed by atoms with van der Waals surface area (Å²) < 4.78 is 10.5. The third kappa shape index (κ3) is 3.24. The van der Waals surface area contributed by atoms with Gasteiger partial charge in [-0.05, 0) is 37.5 Å². The number of carbonyl (C=O) groups is 2. The number of aromatic amines is 1. The van der Waals surface area contributed by atoms with Gasteiger partial charge in [-0.25, -0.2) is 0 Å². The fourth-order valence-corrected chi connectivity index (χ4v) is 3.26. The van der Waals surface area contributed by atoms with E-state index in [1.807, 2.05) is 19.1 Å². The highest BCUT2D eigenvalue weighted by molar-refractivity contribution is 6.04. The topological polar surface area (TPSA) is 80.4 Å². The van der Waals surface area contributed by atoms with Crippen LogP contribution in [0.4, 0.5) is 0 Å². The van der Waals surface area contributed by atoms with E-state index < -0.39 is 0 Å². The monoisotopic (exact) mass is 342 g/mol. The molecule has 1 aliphatic rings. The molecule has 25 heavy (non-hydrogen) atoms. The predicted octanol–water partition coefficient (Wildman–Crippen LogP) is 2.79. The van der Waals surface area contributed by atoms with Gasteiger partial charge in [-0.15, -0.1) is 0 Å². The maximum absolute atomic E-state index is 12.6. The number of methoxy groups -OCH3 is 2. The van der Waals surface area contributed by atoms with Crippen molar-refractivity contribution in [2.75, 3.05) is 14.2 Å². The molecular formula is C19H22N2O4. The number of amides is 1. The predicted molar refractivity (Wildman–Crippen MR) is 93.5 cm³/mol. The number of hydrogen-bond acceptors (Lipinski definition) is 4. The van der Waals surface area contributed by atoms with Gasteiger partial charge in [-0.3, -0.25) is 9.59 Å². The maximum atomic E-state index is 12.6. The minimum atomic E-state index is -0.224. The SMILES string of the molecule is COc1ccc(CNC(=O)c2[nH]c3c(c2C)C(=O)CCC3)c(OC)c1. The Labute approximate surface area is 146 Å². The van der Waals surface area contributed by atoms with E-state index in [1.165, 1.54) is 0 Å². The van der Waals surface area contributed by atoms with Crippen LogP contribution in [-0.2, 0) is 13.0 Å². The lowest BCUT2D eigenvalue weighted by molar-refractivity contribution is 0.0944. The van der Waals surface area contributed by atoms with E-state index in [0.717, 1.165) is 29.7 Å². The van der Waals surface area contributed by atoms with Crippen molar-refractivity contribution in [1.29, 1.82) is 0 Å². The third-order valence-corrected chi connectivity index (χ3v) is 4.60. The van der Waals surface area contributed by atoms with Gasteiger partial charge in [0.25, 0.3) is 5.91 Å². The van der Waals surface area contributed by atoms with E-state index in [2.05, 4.69) is 10.3 Å². The molecule has 0 saturated carbocycles. The summed E-state index contributed by atoms with van der Waals surface area (Å²) in [4.78, 5) is 27.8. The fraction of sp³-hybridized carbons (Fsp3) is 0.368.